The Kier molecular flexibility index (Phi) is 7.57. The highest BCUT2D eigenvalue weighted by molar-refractivity contribution is 6.33. The smallest absolute Gasteiger partial charge is 0.418 e. The quantitative estimate of drug-likeness (QED) is 0.620. The molecule has 0 saturated carbocycles. The zero-order chi connectivity index (χ0) is 20.9. The van der Waals surface area contributed by atoms with E-state index in [4.69, 9.17) is 22.1 Å². The van der Waals surface area contributed by atoms with Crippen molar-refractivity contribution >= 4 is 17.3 Å². The maximum absolute atomic E-state index is 13.1. The molecule has 0 heterocycles. The van der Waals surface area contributed by atoms with Crippen LogP contribution in [0.15, 0.2) is 36.4 Å². The molecule has 0 aromatic heterocycles. The van der Waals surface area contributed by atoms with E-state index in [0.29, 0.717) is 6.54 Å². The van der Waals surface area contributed by atoms with Crippen molar-refractivity contribution in [1.29, 1.82) is 0 Å². The average Bonchev–Trinajstić information content (AvgIpc) is 2.63. The molecule has 0 aliphatic carbocycles. The number of alkyl halides is 3. The summed E-state index contributed by atoms with van der Waals surface area (Å²) < 4.78 is 44.3. The Morgan fingerprint density at radius 2 is 1.86 bits per heavy atom. The van der Waals surface area contributed by atoms with Crippen molar-refractivity contribution in [1.82, 2.24) is 4.90 Å². The van der Waals surface area contributed by atoms with Gasteiger partial charge in [0.25, 0.3) is 0 Å². The number of aryl methyl sites for hydroxylation is 1. The monoisotopic (exact) mass is 416 g/mol. The van der Waals surface area contributed by atoms with Crippen LogP contribution in [0.5, 0.6) is 5.75 Å². The van der Waals surface area contributed by atoms with Gasteiger partial charge in [0.05, 0.1) is 29.5 Å². The van der Waals surface area contributed by atoms with Crippen LogP contribution in [-0.4, -0.2) is 37.3 Å². The van der Waals surface area contributed by atoms with E-state index in [1.54, 1.807) is 14.2 Å². The summed E-state index contributed by atoms with van der Waals surface area (Å²) in [4.78, 5) is 1.87. The van der Waals surface area contributed by atoms with Crippen LogP contribution >= 0.6 is 11.6 Å². The molecule has 3 N–H and O–H groups in total. The van der Waals surface area contributed by atoms with E-state index in [1.165, 1.54) is 6.07 Å². The van der Waals surface area contributed by atoms with Gasteiger partial charge in [-0.15, -0.1) is 0 Å². The van der Waals surface area contributed by atoms with Gasteiger partial charge in [-0.05, 0) is 61.8 Å². The number of nitrogens with zero attached hydrogens (tertiary/aromatic N) is 1. The van der Waals surface area contributed by atoms with Crippen LogP contribution in [0.3, 0.4) is 0 Å². The van der Waals surface area contributed by atoms with Gasteiger partial charge in [-0.3, -0.25) is 0 Å². The highest BCUT2D eigenvalue weighted by atomic mass is 35.5. The Morgan fingerprint density at radius 3 is 2.43 bits per heavy atom. The van der Waals surface area contributed by atoms with Gasteiger partial charge in [-0.25, -0.2) is 0 Å². The molecular weight excluding hydrogens is 393 g/mol. The summed E-state index contributed by atoms with van der Waals surface area (Å²) in [5.41, 5.74) is 5.12. The summed E-state index contributed by atoms with van der Waals surface area (Å²) in [7, 11) is 3.42. The number of hydrogen-bond donors (Lipinski definition) is 2. The minimum Gasteiger partial charge on any atom is -0.497 e. The molecule has 0 spiro atoms. The fourth-order valence-corrected chi connectivity index (χ4v) is 3.13. The molecule has 2 aromatic carbocycles. The van der Waals surface area contributed by atoms with Crippen LogP contribution in [0, 0.1) is 0 Å². The highest BCUT2D eigenvalue weighted by Crippen LogP contribution is 2.39. The zero-order valence-electron chi connectivity index (χ0n) is 15.8. The predicted molar refractivity (Wildman–Crippen MR) is 105 cm³/mol. The highest BCUT2D eigenvalue weighted by Gasteiger charge is 2.34. The lowest BCUT2D eigenvalue weighted by atomic mass is 10.0. The molecular formula is C20H24ClF3N2O2. The fourth-order valence-electron chi connectivity index (χ4n) is 2.90. The summed E-state index contributed by atoms with van der Waals surface area (Å²) in [6.07, 6.45) is -4.05. The largest absolute Gasteiger partial charge is 0.497 e. The van der Waals surface area contributed by atoms with E-state index in [-0.39, 0.29) is 17.1 Å². The number of nitrogen functional groups attached to an aromatic ring is 1. The zero-order valence-corrected chi connectivity index (χ0v) is 16.5. The molecule has 0 fully saturated rings. The third-order valence-electron chi connectivity index (χ3n) is 4.49. The Morgan fingerprint density at radius 1 is 1.21 bits per heavy atom. The number of ether oxygens (including phenoxy) is 1. The van der Waals surface area contributed by atoms with Gasteiger partial charge in [0.2, 0.25) is 0 Å². The van der Waals surface area contributed by atoms with Crippen molar-refractivity contribution in [3.05, 3.63) is 58.1 Å². The average molecular weight is 417 g/mol. The number of nitrogens with two attached hydrogens (primary N) is 1. The number of aliphatic hydroxyl groups is 1. The molecule has 0 amide bonds. The predicted octanol–water partition coefficient (Wildman–Crippen LogP) is 4.55. The van der Waals surface area contributed by atoms with E-state index in [0.717, 1.165) is 30.2 Å². The third-order valence-corrected chi connectivity index (χ3v) is 4.80. The van der Waals surface area contributed by atoms with Gasteiger partial charge in [0.1, 0.15) is 5.75 Å². The van der Waals surface area contributed by atoms with Gasteiger partial charge in [0, 0.05) is 6.54 Å². The molecule has 2 aromatic rings. The van der Waals surface area contributed by atoms with E-state index in [2.05, 4.69) is 0 Å². The Labute approximate surface area is 167 Å². The van der Waals surface area contributed by atoms with Crippen LogP contribution in [0.25, 0.3) is 0 Å². The molecule has 8 heteroatoms. The first-order chi connectivity index (χ1) is 13.1. The molecule has 1 atom stereocenters. The number of aliphatic hydroxyl groups excluding tert-OH is 1. The molecule has 0 aliphatic rings. The van der Waals surface area contributed by atoms with E-state index in [1.807, 2.05) is 29.2 Å². The second kappa shape index (κ2) is 9.49. The molecule has 154 valence electrons. The molecule has 2 rings (SSSR count). The normalized spacial score (nSPS) is 13.0. The number of rotatable bonds is 8. The van der Waals surface area contributed by atoms with Gasteiger partial charge in [0.15, 0.2) is 0 Å². The summed E-state index contributed by atoms with van der Waals surface area (Å²) in [5, 5.41) is 10.1. The van der Waals surface area contributed by atoms with E-state index in [9.17, 15) is 18.3 Å². The lowest BCUT2D eigenvalue weighted by Crippen LogP contribution is -2.26. The van der Waals surface area contributed by atoms with Crippen molar-refractivity contribution in [3.63, 3.8) is 0 Å². The Bertz CT molecular complexity index is 782. The number of likely N-dealkylation sites (N-methyl/N-ethyl adjacent to an activating group) is 1. The lowest BCUT2D eigenvalue weighted by molar-refractivity contribution is -0.137. The minimum atomic E-state index is -4.63. The van der Waals surface area contributed by atoms with Crippen LogP contribution in [0.1, 0.15) is 29.2 Å². The molecule has 0 aliphatic heterocycles. The Balaban J connectivity index is 1.92. The van der Waals surface area contributed by atoms with Crippen molar-refractivity contribution < 1.29 is 23.0 Å². The summed E-state index contributed by atoms with van der Waals surface area (Å²) in [5.74, 6) is 0.796. The second-order valence-corrected chi connectivity index (χ2v) is 7.10. The van der Waals surface area contributed by atoms with Crippen LogP contribution in [0.4, 0.5) is 18.9 Å². The molecule has 0 bridgehead atoms. The first kappa shape index (κ1) is 22.3. The molecule has 1 unspecified atom stereocenters. The molecule has 4 nitrogen and oxygen atoms in total. The van der Waals surface area contributed by atoms with Crippen LogP contribution in [0.2, 0.25) is 5.02 Å². The number of methoxy groups -OCH3 is 1. The maximum Gasteiger partial charge on any atom is 0.418 e. The van der Waals surface area contributed by atoms with Gasteiger partial charge in [-0.2, -0.15) is 13.2 Å². The molecule has 28 heavy (non-hydrogen) atoms. The van der Waals surface area contributed by atoms with Crippen molar-refractivity contribution in [3.8, 4) is 5.75 Å². The SMILES string of the molecule is COc1ccc(CCCN(C)CC(O)c2cc(Cl)c(N)c(C(F)(F)F)c2)cc1. The third kappa shape index (κ3) is 6.02. The summed E-state index contributed by atoms with van der Waals surface area (Å²) >= 11 is 5.82. The van der Waals surface area contributed by atoms with Crippen LogP contribution in [-0.2, 0) is 12.6 Å². The number of anilines is 1. The number of benzene rings is 2. The van der Waals surface area contributed by atoms with Crippen molar-refractivity contribution in [2.45, 2.75) is 25.1 Å². The van der Waals surface area contributed by atoms with Gasteiger partial charge < -0.3 is 20.5 Å². The maximum atomic E-state index is 13.1. The van der Waals surface area contributed by atoms with Gasteiger partial charge in [-0.1, -0.05) is 23.7 Å². The fraction of sp³-hybridized carbons (Fsp3) is 0.400. The summed E-state index contributed by atoms with van der Waals surface area (Å²) in [6.45, 7) is 0.859. The topological polar surface area (TPSA) is 58.7 Å². The summed E-state index contributed by atoms with van der Waals surface area (Å²) in [6, 6.07) is 9.91. The lowest BCUT2D eigenvalue weighted by Gasteiger charge is -2.22. The first-order valence-electron chi connectivity index (χ1n) is 8.77. The number of halogens is 4. The minimum absolute atomic E-state index is 0.0912. The van der Waals surface area contributed by atoms with Crippen molar-refractivity contribution in [2.75, 3.05) is 33.0 Å². The Hall–Kier alpha value is -1.96. The van der Waals surface area contributed by atoms with Crippen LogP contribution < -0.4 is 10.5 Å². The second-order valence-electron chi connectivity index (χ2n) is 6.69. The standard InChI is InChI=1S/C20H24ClF3N2O2/c1-26(9-3-4-13-5-7-15(28-2)8-6-13)12-18(27)14-10-16(20(22,23)24)19(25)17(21)11-14/h5-8,10-11,18,27H,3-4,9,12,25H2,1-2H3. The molecule has 0 radical (unpaired) electrons. The van der Waals surface area contributed by atoms with Crippen molar-refractivity contribution in [2.24, 2.45) is 0 Å². The van der Waals surface area contributed by atoms with E-state index >= 15 is 0 Å². The van der Waals surface area contributed by atoms with E-state index < -0.39 is 23.5 Å². The number of hydrogen-bond acceptors (Lipinski definition) is 4. The molecule has 0 saturated heterocycles. The first-order valence-corrected chi connectivity index (χ1v) is 9.15. The van der Waals surface area contributed by atoms with Gasteiger partial charge >= 0.3 is 6.18 Å².